The Labute approximate surface area is 161 Å². The number of fused-ring (bicyclic) bond motifs is 4. The third kappa shape index (κ3) is 2.82. The molecule has 154 valence electrons. The van der Waals surface area contributed by atoms with Crippen molar-refractivity contribution >= 4 is 22.5 Å². The molecule has 2 fully saturated rings. The predicted octanol–water partition coefficient (Wildman–Crippen LogP) is 3.06. The number of nitrogens with zero attached hydrogens (tertiary/aromatic N) is 6. The van der Waals surface area contributed by atoms with E-state index in [4.69, 9.17) is 0 Å². The standard InChI is InChI=1S/C18H17F5N6/c19-13-7-10(18(22,23)16(20)21)6-12-14(13)26-17(29-15(12)24-9-25-29)28-5-4-27-3-1-2-11(27)8-28/h6-7,9,11,16H,1-5,8H2. The van der Waals surface area contributed by atoms with Crippen LogP contribution in [-0.2, 0) is 5.92 Å². The zero-order valence-corrected chi connectivity index (χ0v) is 15.2. The highest BCUT2D eigenvalue weighted by Gasteiger charge is 2.43. The molecule has 5 rings (SSSR count). The van der Waals surface area contributed by atoms with Crippen LogP contribution >= 0.6 is 0 Å². The van der Waals surface area contributed by atoms with E-state index in [1.807, 2.05) is 4.90 Å². The zero-order valence-electron chi connectivity index (χ0n) is 15.2. The van der Waals surface area contributed by atoms with Gasteiger partial charge < -0.3 is 4.90 Å². The highest BCUT2D eigenvalue weighted by molar-refractivity contribution is 5.93. The van der Waals surface area contributed by atoms with Gasteiger partial charge in [-0.15, -0.1) is 0 Å². The number of benzene rings is 1. The van der Waals surface area contributed by atoms with Crippen molar-refractivity contribution in [3.05, 3.63) is 29.8 Å². The van der Waals surface area contributed by atoms with Gasteiger partial charge in [-0.2, -0.15) is 18.4 Å². The third-order valence-electron chi connectivity index (χ3n) is 5.78. The van der Waals surface area contributed by atoms with Gasteiger partial charge in [0.1, 0.15) is 17.7 Å². The van der Waals surface area contributed by atoms with Gasteiger partial charge in [-0.25, -0.2) is 23.1 Å². The van der Waals surface area contributed by atoms with Crippen LogP contribution in [-0.4, -0.2) is 63.1 Å². The molecule has 3 aromatic rings. The molecule has 0 saturated carbocycles. The van der Waals surface area contributed by atoms with Crippen molar-refractivity contribution in [2.75, 3.05) is 31.1 Å². The van der Waals surface area contributed by atoms with E-state index >= 15 is 0 Å². The molecule has 11 heteroatoms. The van der Waals surface area contributed by atoms with Crippen LogP contribution in [0.25, 0.3) is 16.6 Å². The van der Waals surface area contributed by atoms with Crippen molar-refractivity contribution in [3.63, 3.8) is 0 Å². The molecule has 0 bridgehead atoms. The lowest BCUT2D eigenvalue weighted by molar-refractivity contribution is -0.135. The lowest BCUT2D eigenvalue weighted by atomic mass is 10.1. The molecule has 6 nitrogen and oxygen atoms in total. The SMILES string of the molecule is Fc1cc(C(F)(F)C(F)F)cc2c1nc(N1CCN3CCCC3C1)n1ncnc21. The molecule has 2 aromatic heterocycles. The fraction of sp³-hybridized carbons (Fsp3) is 0.500. The maximum Gasteiger partial charge on any atom is 0.332 e. The van der Waals surface area contributed by atoms with E-state index in [2.05, 4.69) is 20.0 Å². The van der Waals surface area contributed by atoms with E-state index in [0.29, 0.717) is 31.1 Å². The number of hydrogen-bond acceptors (Lipinski definition) is 5. The maximum atomic E-state index is 14.7. The second kappa shape index (κ2) is 6.48. The Hall–Kier alpha value is -2.56. The first-order valence-corrected chi connectivity index (χ1v) is 9.34. The van der Waals surface area contributed by atoms with Gasteiger partial charge in [0, 0.05) is 36.6 Å². The van der Waals surface area contributed by atoms with E-state index in [0.717, 1.165) is 32.0 Å². The normalized spacial score (nSPS) is 20.9. The van der Waals surface area contributed by atoms with Gasteiger partial charge in [0.2, 0.25) is 5.95 Å². The average molecular weight is 412 g/mol. The van der Waals surface area contributed by atoms with Gasteiger partial charge >= 0.3 is 12.3 Å². The molecule has 0 N–H and O–H groups in total. The summed E-state index contributed by atoms with van der Waals surface area (Å²) >= 11 is 0. The van der Waals surface area contributed by atoms with Crippen molar-refractivity contribution in [1.29, 1.82) is 0 Å². The first kappa shape index (κ1) is 18.5. The first-order valence-electron chi connectivity index (χ1n) is 9.34. The minimum Gasteiger partial charge on any atom is -0.338 e. The molecule has 0 spiro atoms. The summed E-state index contributed by atoms with van der Waals surface area (Å²) in [5.74, 6) is -5.21. The summed E-state index contributed by atoms with van der Waals surface area (Å²) in [6.45, 7) is 3.24. The van der Waals surface area contributed by atoms with Crippen LogP contribution in [0.5, 0.6) is 0 Å². The summed E-state index contributed by atoms with van der Waals surface area (Å²) in [5.41, 5.74) is -1.20. The van der Waals surface area contributed by atoms with Crippen LogP contribution in [0.2, 0.25) is 0 Å². The van der Waals surface area contributed by atoms with Crippen LogP contribution in [0.4, 0.5) is 27.9 Å². The van der Waals surface area contributed by atoms with Crippen molar-refractivity contribution in [3.8, 4) is 0 Å². The van der Waals surface area contributed by atoms with Crippen LogP contribution in [0, 0.1) is 5.82 Å². The van der Waals surface area contributed by atoms with E-state index in [1.54, 1.807) is 0 Å². The summed E-state index contributed by atoms with van der Waals surface area (Å²) in [6.07, 6.45) is -0.562. The number of hydrogen-bond donors (Lipinski definition) is 0. The minimum atomic E-state index is -4.48. The van der Waals surface area contributed by atoms with Crippen LogP contribution in [0.15, 0.2) is 18.5 Å². The fourth-order valence-corrected chi connectivity index (χ4v) is 4.30. The molecular weight excluding hydrogens is 395 g/mol. The summed E-state index contributed by atoms with van der Waals surface area (Å²) in [5, 5.41) is 4.03. The smallest absolute Gasteiger partial charge is 0.332 e. The van der Waals surface area contributed by atoms with Crippen molar-refractivity contribution in [1.82, 2.24) is 24.5 Å². The first-order chi connectivity index (χ1) is 13.9. The predicted molar refractivity (Wildman–Crippen MR) is 95.0 cm³/mol. The molecule has 0 amide bonds. The van der Waals surface area contributed by atoms with Crippen molar-refractivity contribution in [2.24, 2.45) is 0 Å². The lowest BCUT2D eigenvalue weighted by Gasteiger charge is -2.37. The Morgan fingerprint density at radius 3 is 2.76 bits per heavy atom. The quantitative estimate of drug-likeness (QED) is 0.619. The highest BCUT2D eigenvalue weighted by atomic mass is 19.3. The zero-order chi connectivity index (χ0) is 20.3. The largest absolute Gasteiger partial charge is 0.338 e. The summed E-state index contributed by atoms with van der Waals surface area (Å²) in [7, 11) is 0. The highest BCUT2D eigenvalue weighted by Crippen LogP contribution is 2.38. The Kier molecular flexibility index (Phi) is 4.12. The summed E-state index contributed by atoms with van der Waals surface area (Å²) in [4.78, 5) is 12.8. The van der Waals surface area contributed by atoms with Crippen LogP contribution < -0.4 is 4.90 Å². The number of halogens is 5. The van der Waals surface area contributed by atoms with E-state index in [9.17, 15) is 22.0 Å². The van der Waals surface area contributed by atoms with Gasteiger partial charge in [-0.1, -0.05) is 0 Å². The van der Waals surface area contributed by atoms with Gasteiger partial charge in [0.25, 0.3) is 0 Å². The summed E-state index contributed by atoms with van der Waals surface area (Å²) < 4.78 is 69.2. The molecule has 0 aliphatic carbocycles. The number of rotatable bonds is 3. The Balaban J connectivity index is 1.66. The van der Waals surface area contributed by atoms with E-state index < -0.39 is 23.7 Å². The maximum absolute atomic E-state index is 14.7. The number of aromatic nitrogens is 4. The van der Waals surface area contributed by atoms with E-state index in [1.165, 1.54) is 10.8 Å². The number of piperazine rings is 1. The van der Waals surface area contributed by atoms with Gasteiger partial charge in [0.05, 0.1) is 0 Å². The fourth-order valence-electron chi connectivity index (χ4n) is 4.30. The molecule has 1 atom stereocenters. The second-order valence-corrected chi connectivity index (χ2v) is 7.46. The number of alkyl halides is 4. The molecular formula is C18H17F5N6. The number of anilines is 1. The second-order valence-electron chi connectivity index (χ2n) is 7.46. The topological polar surface area (TPSA) is 49.6 Å². The molecule has 2 aliphatic rings. The molecule has 29 heavy (non-hydrogen) atoms. The minimum absolute atomic E-state index is 0.0823. The van der Waals surface area contributed by atoms with Crippen molar-refractivity contribution < 1.29 is 22.0 Å². The molecule has 2 saturated heterocycles. The van der Waals surface area contributed by atoms with Crippen LogP contribution in [0.1, 0.15) is 18.4 Å². The third-order valence-corrected chi connectivity index (χ3v) is 5.78. The molecule has 4 heterocycles. The molecule has 1 unspecified atom stereocenters. The molecule has 1 aromatic carbocycles. The molecule has 0 radical (unpaired) electrons. The van der Waals surface area contributed by atoms with Gasteiger partial charge in [-0.3, -0.25) is 4.90 Å². The van der Waals surface area contributed by atoms with Gasteiger partial charge in [-0.05, 0) is 31.5 Å². The Morgan fingerprint density at radius 1 is 1.14 bits per heavy atom. The summed E-state index contributed by atoms with van der Waals surface area (Å²) in [6, 6.07) is 1.62. The van der Waals surface area contributed by atoms with Crippen molar-refractivity contribution in [2.45, 2.75) is 31.2 Å². The molecule has 2 aliphatic heterocycles. The Bertz CT molecular complexity index is 1080. The Morgan fingerprint density at radius 2 is 1.97 bits per heavy atom. The van der Waals surface area contributed by atoms with Crippen LogP contribution in [0.3, 0.4) is 0 Å². The lowest BCUT2D eigenvalue weighted by Crippen LogP contribution is -2.51. The van der Waals surface area contributed by atoms with Gasteiger partial charge in [0.15, 0.2) is 5.65 Å². The van der Waals surface area contributed by atoms with E-state index in [-0.39, 0.29) is 16.6 Å². The monoisotopic (exact) mass is 412 g/mol. The average Bonchev–Trinajstić information content (AvgIpc) is 3.36.